The van der Waals surface area contributed by atoms with E-state index in [2.05, 4.69) is 36.4 Å². The minimum atomic E-state index is -0.603. The molecule has 0 amide bonds. The number of hydrogen-bond donors (Lipinski definition) is 1. The van der Waals surface area contributed by atoms with E-state index in [-0.39, 0.29) is 17.8 Å². The van der Waals surface area contributed by atoms with Crippen molar-refractivity contribution in [3.63, 3.8) is 0 Å². The molecule has 0 aliphatic carbocycles. The topological polar surface area (TPSA) is 60.7 Å². The highest BCUT2D eigenvalue weighted by Gasteiger charge is 2.15. The Kier molecular flexibility index (Phi) is 8.74. The summed E-state index contributed by atoms with van der Waals surface area (Å²) in [7, 11) is 1.63. The summed E-state index contributed by atoms with van der Waals surface area (Å²) in [4.78, 5) is 13.2. The molecule has 202 valence electrons. The van der Waals surface area contributed by atoms with Crippen molar-refractivity contribution in [1.29, 1.82) is 0 Å². The third-order valence-corrected chi connectivity index (χ3v) is 6.94. The Labute approximate surface area is 234 Å². The number of ether oxygens (including phenoxy) is 2. The minimum Gasteiger partial charge on any atom is -0.497 e. The number of rotatable bonds is 11. The molecule has 1 aromatic heterocycles. The fraction of sp³-hybridized carbons (Fsp3) is 0.171. The Hall–Kier alpha value is -4.61. The summed E-state index contributed by atoms with van der Waals surface area (Å²) in [6.45, 7) is 0.252. The summed E-state index contributed by atoms with van der Waals surface area (Å²) in [6.07, 6.45) is 2.84. The molecular weight excluding hydrogens is 498 g/mol. The van der Waals surface area contributed by atoms with E-state index in [9.17, 15) is 9.90 Å². The highest BCUT2D eigenvalue weighted by Crippen LogP contribution is 2.24. The first-order valence-electron chi connectivity index (χ1n) is 13.5. The fourth-order valence-corrected chi connectivity index (χ4v) is 4.73. The molecule has 1 heterocycles. The Bertz CT molecular complexity index is 1580. The van der Waals surface area contributed by atoms with Gasteiger partial charge in [-0.2, -0.15) is 0 Å². The van der Waals surface area contributed by atoms with Crippen LogP contribution in [0.2, 0.25) is 0 Å². The lowest BCUT2D eigenvalue weighted by atomic mass is 10.0. The number of hydrogen-bond acceptors (Lipinski definition) is 4. The van der Waals surface area contributed by atoms with Crippen molar-refractivity contribution < 1.29 is 14.6 Å². The van der Waals surface area contributed by atoms with E-state index in [1.165, 1.54) is 5.56 Å². The molecule has 0 radical (unpaired) electrons. The maximum atomic E-state index is 13.2. The smallest absolute Gasteiger partial charge is 0.223 e. The molecule has 1 atom stereocenters. The minimum absolute atomic E-state index is 0.214. The Morgan fingerprint density at radius 3 is 2.20 bits per heavy atom. The van der Waals surface area contributed by atoms with Gasteiger partial charge in [0.15, 0.2) is 5.75 Å². The van der Waals surface area contributed by atoms with Crippen LogP contribution >= 0.6 is 0 Å². The number of nitrogens with zero attached hydrogens (tertiary/aromatic N) is 1. The normalized spacial score (nSPS) is 11.7. The third kappa shape index (κ3) is 6.87. The number of benzene rings is 4. The van der Waals surface area contributed by atoms with Crippen molar-refractivity contribution in [2.45, 2.75) is 32.0 Å². The average molecular weight is 532 g/mol. The monoisotopic (exact) mass is 531 g/mol. The lowest BCUT2D eigenvalue weighted by Crippen LogP contribution is -2.20. The summed E-state index contributed by atoms with van der Waals surface area (Å²) < 4.78 is 13.2. The van der Waals surface area contributed by atoms with Gasteiger partial charge >= 0.3 is 0 Å². The van der Waals surface area contributed by atoms with Crippen molar-refractivity contribution in [1.82, 2.24) is 4.57 Å². The van der Waals surface area contributed by atoms with Gasteiger partial charge in [0, 0.05) is 23.9 Å². The van der Waals surface area contributed by atoms with Gasteiger partial charge in [-0.05, 0) is 59.4 Å². The van der Waals surface area contributed by atoms with E-state index in [0.717, 1.165) is 40.2 Å². The molecule has 0 aliphatic heterocycles. The summed E-state index contributed by atoms with van der Waals surface area (Å²) in [5.74, 6) is 1.02. The van der Waals surface area contributed by atoms with Gasteiger partial charge in [-0.3, -0.25) is 4.79 Å². The van der Waals surface area contributed by atoms with Crippen LogP contribution in [-0.4, -0.2) is 22.9 Å². The van der Waals surface area contributed by atoms with E-state index < -0.39 is 6.10 Å². The summed E-state index contributed by atoms with van der Waals surface area (Å²) in [6, 6.07) is 37.6. The van der Waals surface area contributed by atoms with Crippen molar-refractivity contribution in [2.24, 2.45) is 0 Å². The quantitative estimate of drug-likeness (QED) is 0.208. The van der Waals surface area contributed by atoms with E-state index in [1.54, 1.807) is 19.4 Å². The Morgan fingerprint density at radius 2 is 1.48 bits per heavy atom. The maximum Gasteiger partial charge on any atom is 0.223 e. The van der Waals surface area contributed by atoms with Gasteiger partial charge in [0.05, 0.1) is 19.4 Å². The van der Waals surface area contributed by atoms with Gasteiger partial charge in [0.2, 0.25) is 5.43 Å². The molecular formula is C35H33NO4. The van der Waals surface area contributed by atoms with Crippen LogP contribution in [-0.2, 0) is 19.4 Å². The Morgan fingerprint density at radius 1 is 0.775 bits per heavy atom. The molecule has 40 heavy (non-hydrogen) atoms. The predicted octanol–water partition coefficient (Wildman–Crippen LogP) is 6.63. The van der Waals surface area contributed by atoms with Crippen LogP contribution in [0.5, 0.6) is 11.5 Å². The van der Waals surface area contributed by atoms with Gasteiger partial charge < -0.3 is 19.1 Å². The van der Waals surface area contributed by atoms with Crippen molar-refractivity contribution in [3.05, 3.63) is 149 Å². The maximum absolute atomic E-state index is 13.2. The summed E-state index contributed by atoms with van der Waals surface area (Å²) in [5, 5.41) is 11.0. The van der Waals surface area contributed by atoms with E-state index in [0.29, 0.717) is 12.8 Å². The van der Waals surface area contributed by atoms with Gasteiger partial charge in [-0.1, -0.05) is 84.9 Å². The Balaban J connectivity index is 1.44. The predicted molar refractivity (Wildman–Crippen MR) is 159 cm³/mol. The first-order chi connectivity index (χ1) is 19.6. The zero-order chi connectivity index (χ0) is 27.7. The molecule has 4 aromatic carbocycles. The van der Waals surface area contributed by atoms with Gasteiger partial charge in [-0.15, -0.1) is 0 Å². The zero-order valence-electron chi connectivity index (χ0n) is 22.6. The summed E-state index contributed by atoms with van der Waals surface area (Å²) >= 11 is 0. The van der Waals surface area contributed by atoms with Crippen molar-refractivity contribution in [2.75, 3.05) is 7.11 Å². The highest BCUT2D eigenvalue weighted by atomic mass is 16.5. The highest BCUT2D eigenvalue weighted by molar-refractivity contribution is 5.66. The molecule has 5 heteroatoms. The van der Waals surface area contributed by atoms with Crippen LogP contribution in [0.1, 0.15) is 23.2 Å². The van der Waals surface area contributed by atoms with Crippen LogP contribution in [0.15, 0.2) is 126 Å². The first kappa shape index (κ1) is 27.0. The number of aryl methyl sites for hydroxylation is 1. The van der Waals surface area contributed by atoms with Crippen LogP contribution in [0.3, 0.4) is 0 Å². The first-order valence-corrected chi connectivity index (χ1v) is 13.5. The molecule has 5 rings (SSSR count). The van der Waals surface area contributed by atoms with Gasteiger partial charge in [0.1, 0.15) is 12.4 Å². The van der Waals surface area contributed by atoms with Crippen LogP contribution in [0.4, 0.5) is 0 Å². The van der Waals surface area contributed by atoms with Crippen molar-refractivity contribution in [3.8, 4) is 28.3 Å². The van der Waals surface area contributed by atoms with E-state index in [4.69, 9.17) is 9.47 Å². The number of aliphatic hydroxyl groups excluding tert-OH is 1. The number of methoxy groups -OCH3 is 1. The van der Waals surface area contributed by atoms with Crippen LogP contribution < -0.4 is 14.9 Å². The molecule has 5 nitrogen and oxygen atoms in total. The molecule has 0 bridgehead atoms. The molecule has 1 N–H and O–H groups in total. The SMILES string of the molecule is COc1ccc(COc2cn(-c3cccc(-c4ccccc4)c3)c(CC(O)CCc3ccccc3)cc2=O)cc1. The molecule has 1 unspecified atom stereocenters. The zero-order valence-corrected chi connectivity index (χ0v) is 22.6. The van der Waals surface area contributed by atoms with Gasteiger partial charge in [0.25, 0.3) is 0 Å². The number of pyridine rings is 1. The van der Waals surface area contributed by atoms with E-state index >= 15 is 0 Å². The fourth-order valence-electron chi connectivity index (χ4n) is 4.73. The second-order valence-corrected chi connectivity index (χ2v) is 9.80. The average Bonchev–Trinajstić information content (AvgIpc) is 3.01. The lowest BCUT2D eigenvalue weighted by Gasteiger charge is -2.19. The molecule has 0 saturated heterocycles. The second-order valence-electron chi connectivity index (χ2n) is 9.80. The largest absolute Gasteiger partial charge is 0.497 e. The van der Waals surface area contributed by atoms with Crippen LogP contribution in [0.25, 0.3) is 16.8 Å². The number of aliphatic hydroxyl groups is 1. The van der Waals surface area contributed by atoms with Gasteiger partial charge in [-0.25, -0.2) is 0 Å². The molecule has 0 aliphatic rings. The molecule has 0 spiro atoms. The third-order valence-electron chi connectivity index (χ3n) is 6.94. The standard InChI is InChI=1S/C35H33NO4/c1-39-33-19-16-27(17-20-33)25-40-35-24-36(30-14-8-13-29(21-30)28-11-6-3-7-12-28)31(23-34(35)38)22-32(37)18-15-26-9-4-2-5-10-26/h2-14,16-17,19-21,23-24,32,37H,15,18,22,25H2,1H3. The van der Waals surface area contributed by atoms with E-state index in [1.807, 2.05) is 77.4 Å². The van der Waals surface area contributed by atoms with Crippen molar-refractivity contribution >= 4 is 0 Å². The molecule has 5 aromatic rings. The molecule has 0 saturated carbocycles. The summed E-state index contributed by atoms with van der Waals surface area (Å²) in [5.41, 5.74) is 5.68. The second kappa shape index (κ2) is 13.0. The molecule has 0 fully saturated rings. The lowest BCUT2D eigenvalue weighted by molar-refractivity contribution is 0.163. The number of aromatic nitrogens is 1. The van der Waals surface area contributed by atoms with Crippen LogP contribution in [0, 0.1) is 0 Å².